The minimum Gasteiger partial charge on any atom is -0.493 e. The fraction of sp³-hybridized carbons (Fsp3) is 0.414. The number of rotatable bonds is 7. The van der Waals surface area contributed by atoms with Gasteiger partial charge in [-0.1, -0.05) is 35.0 Å². The molecule has 38 heavy (non-hydrogen) atoms. The van der Waals surface area contributed by atoms with Crippen molar-refractivity contribution in [2.45, 2.75) is 43.9 Å². The number of likely N-dealkylation sites (tertiary alicyclic amines) is 1. The van der Waals surface area contributed by atoms with E-state index in [9.17, 15) is 4.79 Å². The average Bonchev–Trinajstić information content (AvgIpc) is 3.37. The van der Waals surface area contributed by atoms with Crippen molar-refractivity contribution in [3.8, 4) is 11.5 Å². The van der Waals surface area contributed by atoms with Crippen LogP contribution in [-0.4, -0.2) is 59.5 Å². The number of likely N-dealkylation sites (N-methyl/N-ethyl adjacent to an activating group) is 1. The van der Waals surface area contributed by atoms with Gasteiger partial charge in [-0.05, 0) is 61.8 Å². The molecule has 6 rings (SSSR count). The minimum atomic E-state index is -0.361. The number of carbonyl (C=O) groups excluding carboxylic acids is 1. The number of benzene rings is 2. The Morgan fingerprint density at radius 3 is 2.71 bits per heavy atom. The van der Waals surface area contributed by atoms with Crippen LogP contribution in [-0.2, 0) is 34.5 Å². The number of aromatic nitrogens is 3. The predicted octanol–water partition coefficient (Wildman–Crippen LogP) is 4.18. The van der Waals surface area contributed by atoms with Crippen LogP contribution < -0.4 is 9.47 Å². The van der Waals surface area contributed by atoms with E-state index in [1.165, 1.54) is 5.56 Å². The van der Waals surface area contributed by atoms with Gasteiger partial charge >= 0.3 is 0 Å². The Bertz CT molecular complexity index is 1400. The summed E-state index contributed by atoms with van der Waals surface area (Å²) < 4.78 is 19.6. The summed E-state index contributed by atoms with van der Waals surface area (Å²) in [6.45, 7) is 1.74. The lowest BCUT2D eigenvalue weighted by molar-refractivity contribution is -0.122. The standard InChI is InChI=1S/C29H31ClN4O4/c1-33-11-10-29-14-24(35)26(37-3)13-22(29)23(33)12-19-6-9-25(36-2)28(27(19)29)38-17-21-16-34(32-31-21)15-18-4-7-20(30)8-5-18/h4-9,13,16,22-23H,10-12,14-15,17H2,1-3H3/t22-,23+,29-/m1/s1. The first-order chi connectivity index (χ1) is 18.4. The topological polar surface area (TPSA) is 78.7 Å². The van der Waals surface area contributed by atoms with E-state index in [0.717, 1.165) is 30.5 Å². The van der Waals surface area contributed by atoms with E-state index >= 15 is 0 Å². The zero-order valence-electron chi connectivity index (χ0n) is 21.8. The lowest BCUT2D eigenvalue weighted by atomic mass is 9.53. The van der Waals surface area contributed by atoms with Gasteiger partial charge in [-0.25, -0.2) is 4.68 Å². The van der Waals surface area contributed by atoms with Gasteiger partial charge in [-0.15, -0.1) is 5.10 Å². The minimum absolute atomic E-state index is 0.0406. The summed E-state index contributed by atoms with van der Waals surface area (Å²) in [5.41, 5.74) is 3.74. The number of hydrogen-bond acceptors (Lipinski definition) is 7. The number of ether oxygens (including phenoxy) is 3. The third-order valence-electron chi connectivity index (χ3n) is 8.39. The maximum Gasteiger partial charge on any atom is 0.197 e. The molecule has 198 valence electrons. The number of carbonyl (C=O) groups is 1. The highest BCUT2D eigenvalue weighted by Crippen LogP contribution is 2.58. The second-order valence-electron chi connectivity index (χ2n) is 10.5. The summed E-state index contributed by atoms with van der Waals surface area (Å²) in [5.74, 6) is 2.02. The Hall–Kier alpha value is -3.36. The van der Waals surface area contributed by atoms with E-state index in [0.29, 0.717) is 47.0 Å². The van der Waals surface area contributed by atoms with E-state index in [2.05, 4.69) is 34.4 Å². The van der Waals surface area contributed by atoms with Gasteiger partial charge in [0.15, 0.2) is 23.0 Å². The van der Waals surface area contributed by atoms with Gasteiger partial charge in [0.1, 0.15) is 12.3 Å². The summed E-state index contributed by atoms with van der Waals surface area (Å²) >= 11 is 6.01. The molecule has 2 aromatic carbocycles. The Morgan fingerprint density at radius 2 is 1.95 bits per heavy atom. The van der Waals surface area contributed by atoms with E-state index in [1.54, 1.807) is 18.9 Å². The lowest BCUT2D eigenvalue weighted by Crippen LogP contribution is -2.60. The largest absolute Gasteiger partial charge is 0.493 e. The van der Waals surface area contributed by atoms with Crippen LogP contribution in [0.5, 0.6) is 11.5 Å². The van der Waals surface area contributed by atoms with Gasteiger partial charge in [0.2, 0.25) is 0 Å². The van der Waals surface area contributed by atoms with Gasteiger partial charge < -0.3 is 19.1 Å². The van der Waals surface area contributed by atoms with Crippen LogP contribution in [0.4, 0.5) is 0 Å². The maximum absolute atomic E-state index is 13.2. The molecule has 3 atom stereocenters. The van der Waals surface area contributed by atoms with Crippen molar-refractivity contribution in [1.82, 2.24) is 19.9 Å². The molecule has 3 aromatic rings. The Labute approximate surface area is 227 Å². The second kappa shape index (κ2) is 9.75. The molecule has 0 amide bonds. The highest BCUT2D eigenvalue weighted by molar-refractivity contribution is 6.30. The number of nitrogens with zero attached hydrogens (tertiary/aromatic N) is 4. The van der Waals surface area contributed by atoms with E-state index in [-0.39, 0.29) is 23.7 Å². The number of methoxy groups -OCH3 is 2. The van der Waals surface area contributed by atoms with Crippen molar-refractivity contribution in [3.05, 3.63) is 81.8 Å². The number of ketones is 1. The summed E-state index contributed by atoms with van der Waals surface area (Å²) in [4.78, 5) is 15.6. The van der Waals surface area contributed by atoms with Gasteiger partial charge in [0.05, 0.1) is 27.0 Å². The average molecular weight is 535 g/mol. The van der Waals surface area contributed by atoms with E-state index in [1.807, 2.05) is 36.5 Å². The summed E-state index contributed by atoms with van der Waals surface area (Å²) in [5, 5.41) is 9.31. The number of Topliss-reactive ketones (excluding diaryl/α,β-unsaturated/α-hetero) is 1. The quantitative estimate of drug-likeness (QED) is 0.450. The number of hydrogen-bond donors (Lipinski definition) is 0. The molecule has 2 bridgehead atoms. The highest BCUT2D eigenvalue weighted by Gasteiger charge is 2.56. The number of allylic oxidation sites excluding steroid dienone is 1. The first-order valence-electron chi connectivity index (χ1n) is 12.9. The SMILES string of the molecule is COC1=C[C@@H]2[C@@H]3Cc4ccc(OC)c(OCc5cn(Cc6ccc(Cl)cc6)nn5)c4[C@]2(CCN3C)CC1=O. The molecule has 2 aliphatic carbocycles. The van der Waals surface area contributed by atoms with Crippen LogP contribution in [0.15, 0.2) is 54.4 Å². The van der Waals surface area contributed by atoms with Gasteiger partial charge in [0.25, 0.3) is 0 Å². The summed E-state index contributed by atoms with van der Waals surface area (Å²) in [7, 11) is 5.40. The molecule has 8 nitrogen and oxygen atoms in total. The van der Waals surface area contributed by atoms with Crippen molar-refractivity contribution in [2.24, 2.45) is 5.92 Å². The van der Waals surface area contributed by atoms with Crippen LogP contribution in [0.2, 0.25) is 5.02 Å². The highest BCUT2D eigenvalue weighted by atomic mass is 35.5. The lowest BCUT2D eigenvalue weighted by Gasteiger charge is -2.56. The fourth-order valence-corrected chi connectivity index (χ4v) is 6.68. The number of piperidine rings is 1. The smallest absolute Gasteiger partial charge is 0.197 e. The molecule has 9 heteroatoms. The molecule has 1 fully saturated rings. The van der Waals surface area contributed by atoms with Crippen LogP contribution in [0.1, 0.15) is 35.2 Å². The predicted molar refractivity (Wildman–Crippen MR) is 143 cm³/mol. The zero-order chi connectivity index (χ0) is 26.4. The molecule has 0 spiro atoms. The number of fused-ring (bicyclic) bond motifs is 1. The van der Waals surface area contributed by atoms with Crippen LogP contribution in [0.25, 0.3) is 0 Å². The van der Waals surface area contributed by atoms with Crippen LogP contribution in [0, 0.1) is 5.92 Å². The van der Waals surface area contributed by atoms with Crippen molar-refractivity contribution in [3.63, 3.8) is 0 Å². The monoisotopic (exact) mass is 534 g/mol. The molecule has 2 heterocycles. The van der Waals surface area contributed by atoms with Crippen LogP contribution in [0.3, 0.4) is 0 Å². The number of halogens is 1. The van der Waals surface area contributed by atoms with Gasteiger partial charge in [-0.2, -0.15) is 0 Å². The first-order valence-corrected chi connectivity index (χ1v) is 13.3. The Morgan fingerprint density at radius 1 is 1.13 bits per heavy atom. The molecule has 0 N–H and O–H groups in total. The molecule has 0 unspecified atom stereocenters. The fourth-order valence-electron chi connectivity index (χ4n) is 6.56. The van der Waals surface area contributed by atoms with Crippen molar-refractivity contribution >= 4 is 17.4 Å². The zero-order valence-corrected chi connectivity index (χ0v) is 22.6. The molecule has 0 saturated carbocycles. The van der Waals surface area contributed by atoms with Crippen molar-refractivity contribution in [1.29, 1.82) is 0 Å². The van der Waals surface area contributed by atoms with E-state index in [4.69, 9.17) is 25.8 Å². The summed E-state index contributed by atoms with van der Waals surface area (Å²) in [6, 6.07) is 12.1. The Balaban J connectivity index is 1.33. The van der Waals surface area contributed by atoms with Gasteiger partial charge in [-0.3, -0.25) is 4.79 Å². The Kier molecular flexibility index (Phi) is 6.40. The molecule has 1 aromatic heterocycles. The third kappa shape index (κ3) is 4.16. The first kappa shape index (κ1) is 24.9. The van der Waals surface area contributed by atoms with Crippen molar-refractivity contribution < 1.29 is 19.0 Å². The van der Waals surface area contributed by atoms with Crippen molar-refractivity contribution in [2.75, 3.05) is 27.8 Å². The third-order valence-corrected chi connectivity index (χ3v) is 8.65. The maximum atomic E-state index is 13.2. The second-order valence-corrected chi connectivity index (χ2v) is 10.9. The molecular weight excluding hydrogens is 504 g/mol. The molecule has 0 radical (unpaired) electrons. The van der Waals surface area contributed by atoms with E-state index < -0.39 is 0 Å². The van der Waals surface area contributed by atoms with Crippen LogP contribution >= 0.6 is 11.6 Å². The van der Waals surface area contributed by atoms with Gasteiger partial charge in [0, 0.05) is 34.4 Å². The molecule has 1 saturated heterocycles. The normalized spacial score (nSPS) is 24.3. The molecule has 1 aliphatic heterocycles. The summed E-state index contributed by atoms with van der Waals surface area (Å²) in [6.07, 6.45) is 6.08. The molecule has 3 aliphatic rings. The molecular formula is C29H31ClN4O4.